The maximum Gasteiger partial charge on any atom is 1.00 e. The van der Waals surface area contributed by atoms with E-state index in [1.165, 1.54) is 0 Å². The number of carbonyl (C=O) groups is 1. The van der Waals surface area contributed by atoms with Crippen LogP contribution in [-0.4, -0.2) is 20.6 Å². The Morgan fingerprint density at radius 3 is 2.31 bits per heavy atom. The number of hydrogen-bond acceptors (Lipinski definition) is 4. The van der Waals surface area contributed by atoms with E-state index in [2.05, 4.69) is 4.18 Å². The molecule has 0 fully saturated rings. The fourth-order valence-electron chi connectivity index (χ4n) is 0.737. The molecule has 0 aliphatic carbocycles. The van der Waals surface area contributed by atoms with Gasteiger partial charge in [0.05, 0.1) is 7.11 Å². The molecule has 0 unspecified atom stereocenters. The zero-order valence-electron chi connectivity index (χ0n) is 9.37. The quantitative estimate of drug-likeness (QED) is 0.310. The van der Waals surface area contributed by atoms with Crippen molar-refractivity contribution in [2.75, 3.05) is 7.11 Å². The summed E-state index contributed by atoms with van der Waals surface area (Å²) in [4.78, 5) is 10.9. The Hall–Kier alpha value is 0.580. The van der Waals surface area contributed by atoms with Gasteiger partial charge in [-0.2, -0.15) is 8.42 Å². The molecule has 0 aromatic heterocycles. The van der Waals surface area contributed by atoms with Gasteiger partial charge in [-0.05, 0) is 6.42 Å². The molecule has 0 N–H and O–H groups in total. The summed E-state index contributed by atoms with van der Waals surface area (Å²) in [5.41, 5.74) is 0. The molecule has 0 aliphatic heterocycles. The van der Waals surface area contributed by atoms with Crippen LogP contribution in [0.2, 0.25) is 0 Å². The van der Waals surface area contributed by atoms with Crippen molar-refractivity contribution in [2.24, 2.45) is 0 Å². The number of unbranched alkanes of at least 4 members (excludes halogenated alkanes) is 2. The van der Waals surface area contributed by atoms with Gasteiger partial charge in [0.2, 0.25) is 0 Å². The molecule has 0 aliphatic rings. The van der Waals surface area contributed by atoms with Crippen LogP contribution in [-0.2, 0) is 19.1 Å². The van der Waals surface area contributed by atoms with E-state index in [0.29, 0.717) is 6.42 Å². The summed E-state index contributed by atoms with van der Waals surface area (Å²) in [7, 11) is -2.92. The van der Waals surface area contributed by atoms with E-state index >= 15 is 0 Å². The number of rotatable bonds is 5. The van der Waals surface area contributed by atoms with Gasteiger partial charge in [0.1, 0.15) is 0 Å². The second-order valence-corrected chi connectivity index (χ2v) is 4.15. The minimum absolute atomic E-state index is 0. The van der Waals surface area contributed by atoms with Crippen molar-refractivity contribution in [2.45, 2.75) is 32.6 Å². The first kappa shape index (κ1) is 16.0. The first-order valence-electron chi connectivity index (χ1n) is 3.88. The summed E-state index contributed by atoms with van der Waals surface area (Å²) < 4.78 is 25.5. The molecule has 13 heavy (non-hydrogen) atoms. The van der Waals surface area contributed by atoms with Gasteiger partial charge >= 0.3 is 39.7 Å². The standard InChI is InChI=1S/C7H14O4S.Na.H/c1-3-4-5-6-7(8)12(9,10)11-2;;/h3-6H2,1-2H3;;/q;+1;-1. The van der Waals surface area contributed by atoms with E-state index in [0.717, 1.165) is 20.0 Å². The van der Waals surface area contributed by atoms with Crippen molar-refractivity contribution < 1.29 is 48.4 Å². The molecule has 0 saturated carbocycles. The summed E-state index contributed by atoms with van der Waals surface area (Å²) in [6.07, 6.45) is 2.49. The van der Waals surface area contributed by atoms with Crippen LogP contribution in [0.15, 0.2) is 0 Å². The Morgan fingerprint density at radius 1 is 1.38 bits per heavy atom. The predicted molar refractivity (Wildman–Crippen MR) is 46.2 cm³/mol. The summed E-state index contributed by atoms with van der Waals surface area (Å²) in [5, 5.41) is -0.821. The van der Waals surface area contributed by atoms with Crippen molar-refractivity contribution in [3.8, 4) is 0 Å². The van der Waals surface area contributed by atoms with E-state index in [1.807, 2.05) is 6.92 Å². The van der Waals surface area contributed by atoms with Crippen molar-refractivity contribution in [3.63, 3.8) is 0 Å². The van der Waals surface area contributed by atoms with Gasteiger partial charge in [-0.25, -0.2) is 0 Å². The molecule has 74 valence electrons. The smallest absolute Gasteiger partial charge is 1.00 e. The van der Waals surface area contributed by atoms with Crippen molar-refractivity contribution in [3.05, 3.63) is 0 Å². The molecule has 0 spiro atoms. The first-order chi connectivity index (χ1) is 5.54. The molecule has 0 heterocycles. The number of hydrogen-bond donors (Lipinski definition) is 0. The van der Waals surface area contributed by atoms with Gasteiger partial charge in [-0.1, -0.05) is 19.8 Å². The van der Waals surface area contributed by atoms with Crippen molar-refractivity contribution >= 4 is 15.2 Å². The second kappa shape index (κ2) is 7.94. The van der Waals surface area contributed by atoms with Crippen LogP contribution in [0.1, 0.15) is 34.0 Å². The Labute approximate surface area is 103 Å². The predicted octanol–water partition coefficient (Wildman–Crippen LogP) is -1.81. The third-order valence-corrected chi connectivity index (χ3v) is 2.68. The Morgan fingerprint density at radius 2 is 1.92 bits per heavy atom. The monoisotopic (exact) mass is 218 g/mol. The van der Waals surface area contributed by atoms with E-state index in [9.17, 15) is 13.2 Å². The van der Waals surface area contributed by atoms with Crippen LogP contribution >= 0.6 is 0 Å². The molecule has 0 saturated heterocycles. The van der Waals surface area contributed by atoms with E-state index in [-0.39, 0.29) is 37.4 Å². The van der Waals surface area contributed by atoms with E-state index < -0.39 is 15.2 Å². The van der Waals surface area contributed by atoms with Crippen LogP contribution in [0, 0.1) is 0 Å². The molecule has 0 bridgehead atoms. The van der Waals surface area contributed by atoms with Gasteiger partial charge < -0.3 is 1.43 Å². The Bertz CT molecular complexity index is 240. The molecular weight excluding hydrogens is 203 g/mol. The number of carbonyl (C=O) groups excluding carboxylic acids is 1. The fraction of sp³-hybridized carbons (Fsp3) is 0.857. The SMILES string of the molecule is CCCCCC(=O)S(=O)(=O)OC.[H-].[Na+]. The maximum atomic E-state index is 10.9. The third kappa shape index (κ3) is 6.62. The van der Waals surface area contributed by atoms with Gasteiger partial charge in [-0.15, -0.1) is 0 Å². The fourth-order valence-corrected chi connectivity index (χ4v) is 1.32. The first-order valence-corrected chi connectivity index (χ1v) is 5.29. The summed E-state index contributed by atoms with van der Waals surface area (Å²) in [5.74, 6) is 0. The Kier molecular flexibility index (Phi) is 9.78. The zero-order valence-corrected chi connectivity index (χ0v) is 11.2. The maximum absolute atomic E-state index is 10.9. The molecular formula is C7H15NaO4S. The third-order valence-electron chi connectivity index (χ3n) is 1.48. The molecule has 0 atom stereocenters. The van der Waals surface area contributed by atoms with Crippen LogP contribution < -0.4 is 29.6 Å². The van der Waals surface area contributed by atoms with Crippen LogP contribution in [0.3, 0.4) is 0 Å². The average Bonchev–Trinajstić information content (AvgIpc) is 2.05. The molecule has 0 radical (unpaired) electrons. The second-order valence-electron chi connectivity index (χ2n) is 2.45. The molecule has 6 heteroatoms. The topological polar surface area (TPSA) is 60.4 Å². The van der Waals surface area contributed by atoms with Crippen LogP contribution in [0.5, 0.6) is 0 Å². The van der Waals surface area contributed by atoms with Crippen LogP contribution in [0.4, 0.5) is 0 Å². The van der Waals surface area contributed by atoms with Gasteiger partial charge in [-0.3, -0.25) is 8.98 Å². The molecule has 0 aromatic carbocycles. The van der Waals surface area contributed by atoms with E-state index in [1.54, 1.807) is 0 Å². The molecule has 4 nitrogen and oxygen atoms in total. The average molecular weight is 218 g/mol. The molecule has 0 aromatic rings. The summed E-state index contributed by atoms with van der Waals surface area (Å²) >= 11 is 0. The van der Waals surface area contributed by atoms with E-state index in [4.69, 9.17) is 0 Å². The molecule has 0 rings (SSSR count). The molecule has 0 amide bonds. The zero-order chi connectivity index (χ0) is 9.61. The van der Waals surface area contributed by atoms with Crippen LogP contribution in [0.25, 0.3) is 0 Å². The largest absolute Gasteiger partial charge is 1.00 e. The van der Waals surface area contributed by atoms with Crippen molar-refractivity contribution in [1.82, 2.24) is 0 Å². The van der Waals surface area contributed by atoms with Crippen molar-refractivity contribution in [1.29, 1.82) is 0 Å². The van der Waals surface area contributed by atoms with Gasteiger partial charge in [0.15, 0.2) is 0 Å². The summed E-state index contributed by atoms with van der Waals surface area (Å²) in [6, 6.07) is 0. The summed E-state index contributed by atoms with van der Waals surface area (Å²) in [6.45, 7) is 1.98. The van der Waals surface area contributed by atoms with Gasteiger partial charge in [0, 0.05) is 6.42 Å². The normalized spacial score (nSPS) is 10.6. The Balaban J connectivity index is -0.000000605. The van der Waals surface area contributed by atoms with Gasteiger partial charge in [0.25, 0.3) is 5.12 Å². The minimum Gasteiger partial charge on any atom is -1.00 e. The minimum atomic E-state index is -3.92.